The van der Waals surface area contributed by atoms with Gasteiger partial charge in [0.25, 0.3) is 5.91 Å². The summed E-state index contributed by atoms with van der Waals surface area (Å²) >= 11 is 0. The molecule has 0 saturated heterocycles. The predicted octanol–water partition coefficient (Wildman–Crippen LogP) is 3.15. The first-order valence-electron chi connectivity index (χ1n) is 11.1. The number of ether oxygens (including phenoxy) is 1. The summed E-state index contributed by atoms with van der Waals surface area (Å²) in [4.78, 5) is 39.6. The van der Waals surface area contributed by atoms with E-state index in [1.54, 1.807) is 29.7 Å². The number of anilines is 1. The first kappa shape index (κ1) is 25.5. The average Bonchev–Trinajstić information content (AvgIpc) is 2.76. The summed E-state index contributed by atoms with van der Waals surface area (Å²) in [5.74, 6) is -0.125. The highest BCUT2D eigenvalue weighted by Gasteiger charge is 2.37. The topological polar surface area (TPSA) is 120 Å². The molecule has 2 rings (SSSR count). The minimum Gasteiger partial charge on any atom is -0.497 e. The highest BCUT2D eigenvalue weighted by Crippen LogP contribution is 2.27. The molecule has 0 unspecified atom stereocenters. The van der Waals surface area contributed by atoms with Crippen molar-refractivity contribution in [3.05, 3.63) is 24.3 Å². The monoisotopic (exact) mass is 448 g/mol. The van der Waals surface area contributed by atoms with Gasteiger partial charge >= 0.3 is 6.03 Å². The maximum Gasteiger partial charge on any atom is 0.319 e. The Labute approximate surface area is 189 Å². The molecule has 9 nitrogen and oxygen atoms in total. The van der Waals surface area contributed by atoms with Crippen LogP contribution in [0.5, 0.6) is 5.75 Å². The van der Waals surface area contributed by atoms with Crippen molar-refractivity contribution >= 4 is 23.5 Å². The summed E-state index contributed by atoms with van der Waals surface area (Å²) in [6.07, 6.45) is 5.37. The van der Waals surface area contributed by atoms with Crippen LogP contribution in [0.1, 0.15) is 52.9 Å². The van der Waals surface area contributed by atoms with Crippen molar-refractivity contribution in [2.24, 2.45) is 11.3 Å². The van der Waals surface area contributed by atoms with E-state index in [4.69, 9.17) is 9.94 Å². The Kier molecular flexibility index (Phi) is 9.31. The summed E-state index contributed by atoms with van der Waals surface area (Å²) in [6.45, 7) is 5.71. The van der Waals surface area contributed by atoms with Gasteiger partial charge in [-0.1, -0.05) is 46.1 Å². The van der Waals surface area contributed by atoms with Gasteiger partial charge in [0.1, 0.15) is 18.3 Å². The molecular weight excluding hydrogens is 412 g/mol. The molecule has 178 valence electrons. The number of nitrogens with zero attached hydrogens (tertiary/aromatic N) is 1. The molecule has 1 aliphatic carbocycles. The third-order valence-electron chi connectivity index (χ3n) is 5.69. The van der Waals surface area contributed by atoms with E-state index in [1.807, 2.05) is 20.8 Å². The smallest absolute Gasteiger partial charge is 0.319 e. The number of nitrogens with one attached hydrogen (secondary N) is 3. The highest BCUT2D eigenvalue weighted by atomic mass is 16.5. The van der Waals surface area contributed by atoms with Gasteiger partial charge < -0.3 is 20.3 Å². The van der Waals surface area contributed by atoms with Gasteiger partial charge in [-0.15, -0.1) is 0 Å². The summed E-state index contributed by atoms with van der Waals surface area (Å²) in [6, 6.07) is 5.50. The van der Waals surface area contributed by atoms with Crippen molar-refractivity contribution in [1.29, 1.82) is 0 Å². The fourth-order valence-corrected chi connectivity index (χ4v) is 3.95. The number of hydrogen-bond donors (Lipinski definition) is 4. The van der Waals surface area contributed by atoms with Crippen molar-refractivity contribution < 1.29 is 24.3 Å². The Morgan fingerprint density at radius 1 is 1.19 bits per heavy atom. The summed E-state index contributed by atoms with van der Waals surface area (Å²) < 4.78 is 5.17. The SMILES string of the molecule is COc1cccc(NC(=O)N[C@H](C(=O)N(CC(=O)NO)CC2CCCCC2)C(C)(C)C)c1. The lowest BCUT2D eigenvalue weighted by atomic mass is 9.84. The third-order valence-corrected chi connectivity index (χ3v) is 5.69. The van der Waals surface area contributed by atoms with Crippen LogP contribution in [-0.2, 0) is 9.59 Å². The van der Waals surface area contributed by atoms with Gasteiger partial charge in [-0.3, -0.25) is 14.8 Å². The second kappa shape index (κ2) is 11.7. The quantitative estimate of drug-likeness (QED) is 0.360. The van der Waals surface area contributed by atoms with E-state index in [9.17, 15) is 14.4 Å². The van der Waals surface area contributed by atoms with Crippen LogP contribution in [0.3, 0.4) is 0 Å². The standard InChI is InChI=1S/C23H36N4O5/c1-23(2,3)20(25-22(30)24-17-11-8-12-18(13-17)32-4)21(29)27(15-19(28)26-31)14-16-9-6-5-7-10-16/h8,11-13,16,20,31H,5-7,9-10,14-15H2,1-4H3,(H,26,28)(H2,24,25,30)/t20-/m1/s1. The molecule has 4 amide bonds. The fraction of sp³-hybridized carbons (Fsp3) is 0.609. The van der Waals surface area contributed by atoms with Crippen LogP contribution in [0.2, 0.25) is 0 Å². The molecule has 0 heterocycles. The Balaban J connectivity index is 2.16. The van der Waals surface area contributed by atoms with Gasteiger partial charge in [0.15, 0.2) is 0 Å². The first-order chi connectivity index (χ1) is 15.1. The van der Waals surface area contributed by atoms with Crippen molar-refractivity contribution in [3.8, 4) is 5.75 Å². The van der Waals surface area contributed by atoms with E-state index in [1.165, 1.54) is 18.4 Å². The number of hydroxylamine groups is 1. The van der Waals surface area contributed by atoms with Gasteiger partial charge in [-0.25, -0.2) is 10.3 Å². The summed E-state index contributed by atoms with van der Waals surface area (Å²) in [5, 5.41) is 14.5. The van der Waals surface area contributed by atoms with Crippen LogP contribution in [0.25, 0.3) is 0 Å². The molecule has 0 aliphatic heterocycles. The lowest BCUT2D eigenvalue weighted by Crippen LogP contribution is -2.57. The average molecular weight is 449 g/mol. The Hall–Kier alpha value is -2.81. The molecule has 0 radical (unpaired) electrons. The zero-order valence-electron chi connectivity index (χ0n) is 19.4. The minimum absolute atomic E-state index is 0.266. The van der Waals surface area contributed by atoms with Gasteiger partial charge in [-0.05, 0) is 36.3 Å². The zero-order chi connectivity index (χ0) is 23.7. The minimum atomic E-state index is -0.872. The Morgan fingerprint density at radius 2 is 1.88 bits per heavy atom. The van der Waals surface area contributed by atoms with E-state index in [-0.39, 0.29) is 12.5 Å². The molecule has 1 aliphatic rings. The summed E-state index contributed by atoms with van der Waals surface area (Å²) in [5.41, 5.74) is 1.53. The number of hydrogen-bond acceptors (Lipinski definition) is 5. The molecular formula is C23H36N4O5. The van der Waals surface area contributed by atoms with Crippen LogP contribution in [0.4, 0.5) is 10.5 Å². The molecule has 4 N–H and O–H groups in total. The fourth-order valence-electron chi connectivity index (χ4n) is 3.95. The maximum atomic E-state index is 13.5. The van der Waals surface area contributed by atoms with Crippen molar-refractivity contribution in [1.82, 2.24) is 15.7 Å². The lowest BCUT2D eigenvalue weighted by Gasteiger charge is -2.36. The number of carbonyl (C=O) groups is 3. The van der Waals surface area contributed by atoms with Crippen molar-refractivity contribution in [2.75, 3.05) is 25.5 Å². The number of rotatable bonds is 8. The molecule has 1 fully saturated rings. The molecule has 0 spiro atoms. The lowest BCUT2D eigenvalue weighted by molar-refractivity contribution is -0.142. The summed E-state index contributed by atoms with van der Waals surface area (Å²) in [7, 11) is 1.54. The first-order valence-corrected chi connectivity index (χ1v) is 11.1. The molecule has 1 aromatic carbocycles. The molecule has 1 aromatic rings. The largest absolute Gasteiger partial charge is 0.497 e. The normalized spacial score (nSPS) is 15.4. The second-order valence-corrected chi connectivity index (χ2v) is 9.39. The van der Waals surface area contributed by atoms with E-state index < -0.39 is 23.4 Å². The molecule has 32 heavy (non-hydrogen) atoms. The van der Waals surface area contributed by atoms with Crippen LogP contribution >= 0.6 is 0 Å². The molecule has 1 atom stereocenters. The highest BCUT2D eigenvalue weighted by molar-refractivity contribution is 5.95. The van der Waals surface area contributed by atoms with Crippen molar-refractivity contribution in [3.63, 3.8) is 0 Å². The van der Waals surface area contributed by atoms with Crippen LogP contribution in [0.15, 0.2) is 24.3 Å². The van der Waals surface area contributed by atoms with Gasteiger partial charge in [-0.2, -0.15) is 0 Å². The maximum absolute atomic E-state index is 13.5. The zero-order valence-corrected chi connectivity index (χ0v) is 19.4. The van der Waals surface area contributed by atoms with Crippen LogP contribution in [-0.4, -0.2) is 54.2 Å². The van der Waals surface area contributed by atoms with Gasteiger partial charge in [0.05, 0.1) is 7.11 Å². The Morgan fingerprint density at radius 3 is 2.47 bits per heavy atom. The Bertz CT molecular complexity index is 787. The number of urea groups is 1. The van der Waals surface area contributed by atoms with Gasteiger partial charge in [0, 0.05) is 18.3 Å². The van der Waals surface area contributed by atoms with Crippen molar-refractivity contribution in [2.45, 2.75) is 58.9 Å². The number of carbonyl (C=O) groups excluding carboxylic acids is 3. The number of amides is 4. The number of methoxy groups -OCH3 is 1. The second-order valence-electron chi connectivity index (χ2n) is 9.39. The van der Waals surface area contributed by atoms with E-state index in [0.717, 1.165) is 25.7 Å². The molecule has 1 saturated carbocycles. The third kappa shape index (κ3) is 7.71. The van der Waals surface area contributed by atoms with Crippen LogP contribution in [0, 0.1) is 11.3 Å². The van der Waals surface area contributed by atoms with E-state index in [2.05, 4.69) is 10.6 Å². The van der Waals surface area contributed by atoms with E-state index >= 15 is 0 Å². The van der Waals surface area contributed by atoms with Gasteiger partial charge in [0.2, 0.25) is 5.91 Å². The van der Waals surface area contributed by atoms with Crippen LogP contribution < -0.4 is 20.9 Å². The predicted molar refractivity (Wildman–Crippen MR) is 121 cm³/mol. The van der Waals surface area contributed by atoms with E-state index in [0.29, 0.717) is 23.9 Å². The number of benzene rings is 1. The molecule has 0 bridgehead atoms. The molecule has 0 aromatic heterocycles. The molecule has 9 heteroatoms.